The summed E-state index contributed by atoms with van der Waals surface area (Å²) >= 11 is 0. The number of pyridine rings is 1. The van der Waals surface area contributed by atoms with Gasteiger partial charge in [-0.2, -0.15) is 0 Å². The quantitative estimate of drug-likeness (QED) is 0.515. The zero-order valence-corrected chi connectivity index (χ0v) is 14.1. The van der Waals surface area contributed by atoms with Crippen LogP contribution in [0, 0.1) is 6.07 Å². The van der Waals surface area contributed by atoms with Crippen LogP contribution in [0.3, 0.4) is 0 Å². The molecule has 105 valence electrons. The number of aromatic nitrogens is 1. The summed E-state index contributed by atoms with van der Waals surface area (Å²) in [7, 11) is 0. The van der Waals surface area contributed by atoms with Gasteiger partial charge >= 0.3 is 0 Å². The number of furan rings is 1. The maximum atomic E-state index is 5.40. The van der Waals surface area contributed by atoms with Gasteiger partial charge in [0, 0.05) is 31.7 Å². The van der Waals surface area contributed by atoms with Gasteiger partial charge in [0.25, 0.3) is 0 Å². The Labute approximate surface area is 132 Å². The standard InChI is InChI=1S/C17H16NO.Ir/c1-17(2,3)13-6-4-12(5-7-13)16-14-9-11-19-15(14)8-10-18-16;/h4,6-11H,1-3H3;/q-1;. The van der Waals surface area contributed by atoms with Crippen molar-refractivity contribution in [1.82, 2.24) is 4.98 Å². The van der Waals surface area contributed by atoms with Gasteiger partial charge in [-0.05, 0) is 23.2 Å². The first kappa shape index (κ1) is 15.0. The van der Waals surface area contributed by atoms with Crippen LogP contribution in [0.4, 0.5) is 0 Å². The maximum absolute atomic E-state index is 5.40. The molecule has 0 saturated heterocycles. The van der Waals surface area contributed by atoms with Crippen molar-refractivity contribution in [3.05, 3.63) is 54.4 Å². The zero-order chi connectivity index (χ0) is 13.5. The summed E-state index contributed by atoms with van der Waals surface area (Å²) in [4.78, 5) is 4.45. The van der Waals surface area contributed by atoms with Gasteiger partial charge in [0.1, 0.15) is 5.58 Å². The molecule has 0 aliphatic carbocycles. The van der Waals surface area contributed by atoms with Gasteiger partial charge in [-0.3, -0.25) is 0 Å². The minimum atomic E-state index is 0. The topological polar surface area (TPSA) is 26.0 Å². The zero-order valence-electron chi connectivity index (χ0n) is 11.7. The molecule has 0 aliphatic heterocycles. The van der Waals surface area contributed by atoms with Crippen LogP contribution in [0.2, 0.25) is 0 Å². The summed E-state index contributed by atoms with van der Waals surface area (Å²) < 4.78 is 5.40. The van der Waals surface area contributed by atoms with Crippen molar-refractivity contribution in [2.24, 2.45) is 0 Å². The molecule has 2 heterocycles. The van der Waals surface area contributed by atoms with E-state index in [1.165, 1.54) is 5.56 Å². The molecule has 0 N–H and O–H groups in total. The van der Waals surface area contributed by atoms with Gasteiger partial charge < -0.3 is 9.40 Å². The average molecular weight is 443 g/mol. The summed E-state index contributed by atoms with van der Waals surface area (Å²) in [6, 6.07) is 13.4. The second-order valence-electron chi connectivity index (χ2n) is 5.73. The third-order valence-corrected chi connectivity index (χ3v) is 3.31. The molecule has 1 aromatic carbocycles. The molecule has 3 rings (SSSR count). The first-order valence-corrected chi connectivity index (χ1v) is 6.40. The van der Waals surface area contributed by atoms with E-state index >= 15 is 0 Å². The maximum Gasteiger partial charge on any atom is 0.128 e. The van der Waals surface area contributed by atoms with E-state index < -0.39 is 0 Å². The van der Waals surface area contributed by atoms with Gasteiger partial charge in [-0.25, -0.2) is 0 Å². The molecule has 0 spiro atoms. The van der Waals surface area contributed by atoms with Crippen molar-refractivity contribution < 1.29 is 24.5 Å². The Bertz CT molecular complexity index is 708. The number of benzene rings is 1. The van der Waals surface area contributed by atoms with Crippen LogP contribution in [0.25, 0.3) is 22.2 Å². The molecular formula is C17H16IrNO-. The second kappa shape index (κ2) is 5.51. The van der Waals surface area contributed by atoms with Crippen LogP contribution in [0.1, 0.15) is 26.3 Å². The summed E-state index contributed by atoms with van der Waals surface area (Å²) in [5, 5.41) is 1.03. The van der Waals surface area contributed by atoms with Crippen molar-refractivity contribution in [2.45, 2.75) is 26.2 Å². The average Bonchev–Trinajstić information content (AvgIpc) is 2.86. The molecule has 20 heavy (non-hydrogen) atoms. The molecule has 3 aromatic rings. The fraction of sp³-hybridized carbons (Fsp3) is 0.235. The van der Waals surface area contributed by atoms with E-state index in [1.54, 1.807) is 12.5 Å². The number of nitrogens with zero attached hydrogens (tertiary/aromatic N) is 1. The van der Waals surface area contributed by atoms with E-state index in [0.717, 1.165) is 22.2 Å². The minimum Gasteiger partial charge on any atom is -0.465 e. The monoisotopic (exact) mass is 443 g/mol. The molecule has 0 saturated carbocycles. The van der Waals surface area contributed by atoms with Crippen molar-refractivity contribution in [3.63, 3.8) is 0 Å². The van der Waals surface area contributed by atoms with Crippen molar-refractivity contribution in [1.29, 1.82) is 0 Å². The molecule has 0 unspecified atom stereocenters. The summed E-state index contributed by atoms with van der Waals surface area (Å²) in [6.45, 7) is 6.60. The van der Waals surface area contributed by atoms with Gasteiger partial charge in [0.15, 0.2) is 0 Å². The molecule has 1 radical (unpaired) electrons. The fourth-order valence-electron chi connectivity index (χ4n) is 2.15. The number of fused-ring (bicyclic) bond motifs is 1. The molecule has 3 heteroatoms. The van der Waals surface area contributed by atoms with E-state index in [9.17, 15) is 0 Å². The van der Waals surface area contributed by atoms with Gasteiger partial charge in [-0.1, -0.05) is 20.8 Å². The van der Waals surface area contributed by atoms with E-state index in [-0.39, 0.29) is 25.5 Å². The molecular weight excluding hydrogens is 426 g/mol. The van der Waals surface area contributed by atoms with Gasteiger partial charge in [0.05, 0.1) is 6.26 Å². The first-order valence-electron chi connectivity index (χ1n) is 6.40. The molecule has 2 nitrogen and oxygen atoms in total. The molecule has 0 amide bonds. The van der Waals surface area contributed by atoms with E-state index in [0.29, 0.717) is 0 Å². The molecule has 2 aromatic heterocycles. The second-order valence-corrected chi connectivity index (χ2v) is 5.73. The van der Waals surface area contributed by atoms with Crippen molar-refractivity contribution in [2.75, 3.05) is 0 Å². The first-order chi connectivity index (χ1) is 9.05. The Hall–Kier alpha value is -1.44. The van der Waals surface area contributed by atoms with Gasteiger partial charge in [-0.15, -0.1) is 35.4 Å². The predicted octanol–water partition coefficient (Wildman–Crippen LogP) is 4.59. The fourth-order valence-corrected chi connectivity index (χ4v) is 2.15. The number of hydrogen-bond donors (Lipinski definition) is 0. The molecule has 0 aliphatic rings. The third kappa shape index (κ3) is 2.70. The van der Waals surface area contributed by atoms with Crippen LogP contribution in [-0.2, 0) is 25.5 Å². The SMILES string of the molecule is CC(C)(C)c1c[c-]c(-c2nccc3occc23)cc1.[Ir]. The Morgan fingerprint density at radius 2 is 1.90 bits per heavy atom. The minimum absolute atomic E-state index is 0. The van der Waals surface area contributed by atoms with Crippen LogP contribution in [-0.4, -0.2) is 4.98 Å². The Kier molecular flexibility index (Phi) is 4.12. The van der Waals surface area contributed by atoms with E-state index in [1.807, 2.05) is 12.1 Å². The van der Waals surface area contributed by atoms with E-state index in [4.69, 9.17) is 4.42 Å². The normalized spacial score (nSPS) is 11.3. The predicted molar refractivity (Wildman–Crippen MR) is 77.0 cm³/mol. The molecule has 0 bridgehead atoms. The van der Waals surface area contributed by atoms with E-state index in [2.05, 4.69) is 50.0 Å². The Morgan fingerprint density at radius 3 is 2.55 bits per heavy atom. The van der Waals surface area contributed by atoms with Crippen LogP contribution in [0.15, 0.2) is 47.2 Å². The van der Waals surface area contributed by atoms with Gasteiger partial charge in [0.2, 0.25) is 0 Å². The third-order valence-electron chi connectivity index (χ3n) is 3.31. The summed E-state index contributed by atoms with van der Waals surface area (Å²) in [6.07, 6.45) is 3.46. The van der Waals surface area contributed by atoms with Crippen molar-refractivity contribution >= 4 is 11.0 Å². The molecule has 0 fully saturated rings. The van der Waals surface area contributed by atoms with Crippen LogP contribution >= 0.6 is 0 Å². The largest absolute Gasteiger partial charge is 0.465 e. The number of rotatable bonds is 1. The molecule has 0 atom stereocenters. The Morgan fingerprint density at radius 1 is 1.10 bits per heavy atom. The Balaban J connectivity index is 0.00000147. The summed E-state index contributed by atoms with van der Waals surface area (Å²) in [5.74, 6) is 0. The van der Waals surface area contributed by atoms with Crippen LogP contribution in [0.5, 0.6) is 0 Å². The number of hydrogen-bond acceptors (Lipinski definition) is 2. The summed E-state index contributed by atoms with van der Waals surface area (Å²) in [5.41, 5.74) is 4.20. The smallest absolute Gasteiger partial charge is 0.128 e. The van der Waals surface area contributed by atoms with Crippen molar-refractivity contribution in [3.8, 4) is 11.3 Å². The van der Waals surface area contributed by atoms with Crippen LogP contribution < -0.4 is 0 Å².